The SMILES string of the molecule is CN=C(NCc1ccc(N2CCCC2=O)cc1)NCC1CCN(C)CC1.I. The van der Waals surface area contributed by atoms with E-state index in [-0.39, 0.29) is 29.9 Å². The fourth-order valence-electron chi connectivity index (χ4n) is 3.63. The van der Waals surface area contributed by atoms with Gasteiger partial charge in [-0.05, 0) is 63.0 Å². The van der Waals surface area contributed by atoms with Crippen molar-refractivity contribution < 1.29 is 4.79 Å². The predicted octanol–water partition coefficient (Wildman–Crippen LogP) is 2.44. The molecular weight excluding hydrogens is 453 g/mol. The fourth-order valence-corrected chi connectivity index (χ4v) is 3.63. The molecule has 2 saturated heterocycles. The van der Waals surface area contributed by atoms with Gasteiger partial charge in [-0.1, -0.05) is 12.1 Å². The van der Waals surface area contributed by atoms with Crippen molar-refractivity contribution in [3.05, 3.63) is 29.8 Å². The Labute approximate surface area is 179 Å². The number of rotatable bonds is 5. The molecule has 0 aliphatic carbocycles. The molecule has 7 heteroatoms. The molecule has 2 aliphatic rings. The maximum atomic E-state index is 11.8. The van der Waals surface area contributed by atoms with Crippen LogP contribution in [0.3, 0.4) is 0 Å². The Morgan fingerprint density at radius 2 is 1.85 bits per heavy atom. The molecule has 1 amide bonds. The van der Waals surface area contributed by atoms with E-state index in [1.165, 1.54) is 31.5 Å². The molecule has 0 bridgehead atoms. The number of anilines is 1. The van der Waals surface area contributed by atoms with Gasteiger partial charge in [-0.2, -0.15) is 0 Å². The standard InChI is InChI=1S/C20H31N5O.HI/c1-21-20(23-15-17-9-12-24(2)13-10-17)22-14-16-5-7-18(8-6-16)25-11-3-4-19(25)26;/h5-8,17H,3-4,9-15H2,1-2H3,(H2,21,22,23);1H. The van der Waals surface area contributed by atoms with Crippen LogP contribution < -0.4 is 15.5 Å². The second-order valence-corrected chi connectivity index (χ2v) is 7.37. The summed E-state index contributed by atoms with van der Waals surface area (Å²) >= 11 is 0. The Balaban J connectivity index is 0.00000261. The van der Waals surface area contributed by atoms with Crippen LogP contribution >= 0.6 is 24.0 Å². The highest BCUT2D eigenvalue weighted by molar-refractivity contribution is 14.0. The van der Waals surface area contributed by atoms with E-state index in [0.717, 1.165) is 43.6 Å². The molecule has 2 N–H and O–H groups in total. The quantitative estimate of drug-likeness (QED) is 0.382. The number of amides is 1. The van der Waals surface area contributed by atoms with E-state index in [0.29, 0.717) is 6.42 Å². The average Bonchev–Trinajstić information content (AvgIpc) is 3.10. The van der Waals surface area contributed by atoms with Gasteiger partial charge in [0.2, 0.25) is 5.91 Å². The summed E-state index contributed by atoms with van der Waals surface area (Å²) in [5.74, 6) is 1.80. The van der Waals surface area contributed by atoms with E-state index in [9.17, 15) is 4.79 Å². The Hall–Kier alpha value is -1.35. The van der Waals surface area contributed by atoms with Gasteiger partial charge in [-0.3, -0.25) is 9.79 Å². The summed E-state index contributed by atoms with van der Waals surface area (Å²) in [6, 6.07) is 8.24. The van der Waals surface area contributed by atoms with E-state index in [1.807, 2.05) is 24.1 Å². The van der Waals surface area contributed by atoms with E-state index < -0.39 is 0 Å². The van der Waals surface area contributed by atoms with Crippen LogP contribution in [0.15, 0.2) is 29.3 Å². The third-order valence-electron chi connectivity index (χ3n) is 5.40. The fraction of sp³-hybridized carbons (Fsp3) is 0.600. The second-order valence-electron chi connectivity index (χ2n) is 7.37. The summed E-state index contributed by atoms with van der Waals surface area (Å²) < 4.78 is 0. The van der Waals surface area contributed by atoms with E-state index in [4.69, 9.17) is 0 Å². The zero-order valence-corrected chi connectivity index (χ0v) is 18.7. The highest BCUT2D eigenvalue weighted by Crippen LogP contribution is 2.21. The molecule has 0 atom stereocenters. The number of guanidine groups is 1. The summed E-state index contributed by atoms with van der Waals surface area (Å²) in [6.07, 6.45) is 4.12. The first-order valence-corrected chi connectivity index (χ1v) is 9.68. The molecule has 1 aromatic rings. The minimum Gasteiger partial charge on any atom is -0.356 e. The van der Waals surface area contributed by atoms with E-state index >= 15 is 0 Å². The van der Waals surface area contributed by atoms with Gasteiger partial charge in [-0.15, -0.1) is 24.0 Å². The molecule has 150 valence electrons. The first kappa shape index (κ1) is 21.9. The lowest BCUT2D eigenvalue weighted by Crippen LogP contribution is -2.42. The molecule has 2 fully saturated rings. The summed E-state index contributed by atoms with van der Waals surface area (Å²) in [6.45, 7) is 4.91. The summed E-state index contributed by atoms with van der Waals surface area (Å²) in [5, 5.41) is 6.83. The van der Waals surface area contributed by atoms with Crippen LogP contribution in [0.25, 0.3) is 0 Å². The van der Waals surface area contributed by atoms with Crippen LogP contribution in [0.4, 0.5) is 5.69 Å². The number of nitrogens with one attached hydrogen (secondary N) is 2. The normalized spacial score (nSPS) is 19.1. The van der Waals surface area contributed by atoms with Crippen LogP contribution in [0.5, 0.6) is 0 Å². The zero-order valence-electron chi connectivity index (χ0n) is 16.4. The predicted molar refractivity (Wildman–Crippen MR) is 122 cm³/mol. The molecule has 0 aromatic heterocycles. The molecular formula is C20H32IN5O. The highest BCUT2D eigenvalue weighted by atomic mass is 127. The molecule has 1 aromatic carbocycles. The largest absolute Gasteiger partial charge is 0.356 e. The number of benzene rings is 1. The number of hydrogen-bond acceptors (Lipinski definition) is 3. The van der Waals surface area contributed by atoms with Crippen LogP contribution in [0.2, 0.25) is 0 Å². The van der Waals surface area contributed by atoms with Crippen molar-refractivity contribution in [1.82, 2.24) is 15.5 Å². The summed E-state index contributed by atoms with van der Waals surface area (Å²) in [4.78, 5) is 20.4. The lowest BCUT2D eigenvalue weighted by molar-refractivity contribution is -0.117. The van der Waals surface area contributed by atoms with Gasteiger partial charge >= 0.3 is 0 Å². The molecule has 0 saturated carbocycles. The third-order valence-corrected chi connectivity index (χ3v) is 5.40. The van der Waals surface area contributed by atoms with Gasteiger partial charge in [0.05, 0.1) is 0 Å². The van der Waals surface area contributed by atoms with Crippen LogP contribution in [0.1, 0.15) is 31.2 Å². The monoisotopic (exact) mass is 485 g/mol. The lowest BCUT2D eigenvalue weighted by Gasteiger charge is -2.29. The molecule has 2 heterocycles. The first-order valence-electron chi connectivity index (χ1n) is 9.68. The van der Waals surface area contributed by atoms with E-state index in [1.54, 1.807) is 0 Å². The number of nitrogens with zero attached hydrogens (tertiary/aromatic N) is 3. The first-order chi connectivity index (χ1) is 12.7. The Bertz CT molecular complexity index is 626. The van der Waals surface area contributed by atoms with Crippen molar-refractivity contribution >= 4 is 41.5 Å². The number of halogens is 1. The number of carbonyl (C=O) groups is 1. The third kappa shape index (κ3) is 6.34. The van der Waals surface area contributed by atoms with E-state index in [2.05, 4.69) is 39.7 Å². The topological polar surface area (TPSA) is 60.0 Å². The molecule has 0 spiro atoms. The van der Waals surface area contributed by atoms with Crippen molar-refractivity contribution in [3.8, 4) is 0 Å². The van der Waals surface area contributed by atoms with Crippen molar-refractivity contribution in [2.75, 3.05) is 45.2 Å². The number of carbonyl (C=O) groups excluding carboxylic acids is 1. The minimum absolute atomic E-state index is 0. The average molecular weight is 485 g/mol. The Morgan fingerprint density at radius 3 is 2.44 bits per heavy atom. The number of hydrogen-bond donors (Lipinski definition) is 2. The lowest BCUT2D eigenvalue weighted by atomic mass is 9.97. The van der Waals surface area contributed by atoms with Crippen LogP contribution in [-0.2, 0) is 11.3 Å². The van der Waals surface area contributed by atoms with Gasteiger partial charge in [0.1, 0.15) is 0 Å². The molecule has 27 heavy (non-hydrogen) atoms. The van der Waals surface area contributed by atoms with Crippen molar-refractivity contribution in [1.29, 1.82) is 0 Å². The van der Waals surface area contributed by atoms with Gasteiger partial charge in [0.15, 0.2) is 5.96 Å². The zero-order chi connectivity index (χ0) is 18.4. The van der Waals surface area contributed by atoms with Gasteiger partial charge in [-0.25, -0.2) is 0 Å². The number of aliphatic imine (C=N–C) groups is 1. The van der Waals surface area contributed by atoms with Crippen molar-refractivity contribution in [2.24, 2.45) is 10.9 Å². The highest BCUT2D eigenvalue weighted by Gasteiger charge is 2.21. The number of likely N-dealkylation sites (tertiary alicyclic amines) is 1. The Morgan fingerprint density at radius 1 is 1.15 bits per heavy atom. The minimum atomic E-state index is 0. The summed E-state index contributed by atoms with van der Waals surface area (Å²) in [7, 11) is 4.00. The van der Waals surface area contributed by atoms with Crippen LogP contribution in [0, 0.1) is 5.92 Å². The van der Waals surface area contributed by atoms with Gasteiger partial charge in [0, 0.05) is 38.8 Å². The molecule has 6 nitrogen and oxygen atoms in total. The number of piperidine rings is 1. The van der Waals surface area contributed by atoms with Gasteiger partial charge < -0.3 is 20.4 Å². The maximum Gasteiger partial charge on any atom is 0.227 e. The maximum absolute atomic E-state index is 11.8. The van der Waals surface area contributed by atoms with Crippen LogP contribution in [-0.4, -0.2) is 57.0 Å². The molecule has 2 aliphatic heterocycles. The second kappa shape index (κ2) is 10.8. The Kier molecular flexibility index (Phi) is 8.82. The van der Waals surface area contributed by atoms with Gasteiger partial charge in [0.25, 0.3) is 0 Å². The van der Waals surface area contributed by atoms with Crippen molar-refractivity contribution in [2.45, 2.75) is 32.2 Å². The molecule has 0 unspecified atom stereocenters. The smallest absolute Gasteiger partial charge is 0.227 e. The molecule has 0 radical (unpaired) electrons. The summed E-state index contributed by atoms with van der Waals surface area (Å²) in [5.41, 5.74) is 2.18. The van der Waals surface area contributed by atoms with Crippen molar-refractivity contribution in [3.63, 3.8) is 0 Å². The molecule has 3 rings (SSSR count).